The highest BCUT2D eigenvalue weighted by Gasteiger charge is 2.35. The Morgan fingerprint density at radius 1 is 1.45 bits per heavy atom. The van der Waals surface area contributed by atoms with Crippen LogP contribution in [0.4, 0.5) is 0 Å². The van der Waals surface area contributed by atoms with Gasteiger partial charge in [0.2, 0.25) is 0 Å². The largest absolute Gasteiger partial charge is 0.310 e. The smallest absolute Gasteiger partial charge is 0.262 e. The van der Waals surface area contributed by atoms with Crippen LogP contribution >= 0.6 is 0 Å². The molecule has 2 rings (SSSR count). The van der Waals surface area contributed by atoms with Crippen molar-refractivity contribution in [2.24, 2.45) is 0 Å². The first-order valence-electron chi connectivity index (χ1n) is 7.09. The molecule has 0 radical (unpaired) electrons. The lowest BCUT2D eigenvalue weighted by Gasteiger charge is -2.33. The Kier molecular flexibility index (Phi) is 4.51. The molecule has 1 aliphatic carbocycles. The third-order valence-corrected chi connectivity index (χ3v) is 5.82. The van der Waals surface area contributed by atoms with Crippen molar-refractivity contribution in [3.63, 3.8) is 0 Å². The molecule has 20 heavy (non-hydrogen) atoms. The van der Waals surface area contributed by atoms with E-state index in [-0.39, 0.29) is 11.1 Å². The number of nitrogens with one attached hydrogen (secondary N) is 2. The van der Waals surface area contributed by atoms with Crippen molar-refractivity contribution in [3.8, 4) is 0 Å². The average molecular weight is 300 g/mol. The van der Waals surface area contributed by atoms with Gasteiger partial charge in [0, 0.05) is 36.9 Å². The first-order chi connectivity index (χ1) is 9.34. The zero-order valence-corrected chi connectivity index (χ0v) is 13.4. The number of sulfonamides is 1. The second-order valence-corrected chi connectivity index (χ2v) is 7.69. The third-order valence-electron chi connectivity index (χ3n) is 3.94. The Hall–Kier alpha value is -0.920. The molecule has 0 bridgehead atoms. The molecule has 7 heteroatoms. The summed E-state index contributed by atoms with van der Waals surface area (Å²) in [5.41, 5.74) is 1.55. The number of rotatable bonds is 6. The molecule has 114 valence electrons. The summed E-state index contributed by atoms with van der Waals surface area (Å²) in [6, 6.07) is 0.423. The predicted octanol–water partition coefficient (Wildman–Crippen LogP) is 1.39. The van der Waals surface area contributed by atoms with E-state index in [1.165, 1.54) is 4.31 Å². The van der Waals surface area contributed by atoms with E-state index in [2.05, 4.69) is 15.5 Å². The van der Waals surface area contributed by atoms with Crippen LogP contribution in [0.15, 0.2) is 5.03 Å². The van der Waals surface area contributed by atoms with Crippen LogP contribution in [0.5, 0.6) is 0 Å². The molecule has 1 aromatic rings. The molecule has 1 heterocycles. The summed E-state index contributed by atoms with van der Waals surface area (Å²) in [5, 5.41) is 10.3. The van der Waals surface area contributed by atoms with Crippen LogP contribution in [0.3, 0.4) is 0 Å². The maximum absolute atomic E-state index is 12.7. The molecule has 2 N–H and O–H groups in total. The Bertz CT molecular complexity index is 561. The van der Waals surface area contributed by atoms with Gasteiger partial charge in [0.25, 0.3) is 10.0 Å². The number of aromatic nitrogens is 2. The maximum Gasteiger partial charge on any atom is 0.262 e. The fraction of sp³-hybridized carbons (Fsp3) is 0.769. The average Bonchev–Trinajstić information content (AvgIpc) is 2.66. The first kappa shape index (κ1) is 15.5. The lowest BCUT2D eigenvalue weighted by Crippen LogP contribution is -2.41. The van der Waals surface area contributed by atoms with E-state index in [1.807, 2.05) is 20.8 Å². The maximum atomic E-state index is 12.7. The van der Waals surface area contributed by atoms with Crippen LogP contribution in [0.25, 0.3) is 0 Å². The highest BCUT2D eigenvalue weighted by molar-refractivity contribution is 7.89. The van der Waals surface area contributed by atoms with Gasteiger partial charge in [-0.3, -0.25) is 5.10 Å². The number of nitrogens with zero attached hydrogens (tertiary/aromatic N) is 2. The van der Waals surface area contributed by atoms with Crippen molar-refractivity contribution < 1.29 is 8.42 Å². The number of hydrogen-bond donors (Lipinski definition) is 2. The van der Waals surface area contributed by atoms with Crippen molar-refractivity contribution in [2.75, 3.05) is 7.05 Å². The van der Waals surface area contributed by atoms with Gasteiger partial charge < -0.3 is 5.32 Å². The van der Waals surface area contributed by atoms with E-state index in [4.69, 9.17) is 0 Å². The molecule has 0 aromatic carbocycles. The summed E-state index contributed by atoms with van der Waals surface area (Å²) in [4.78, 5) is 0. The molecular weight excluding hydrogens is 276 g/mol. The van der Waals surface area contributed by atoms with E-state index in [9.17, 15) is 8.42 Å². The van der Waals surface area contributed by atoms with Crippen LogP contribution in [0.1, 0.15) is 44.4 Å². The Labute approximate surface area is 121 Å². The van der Waals surface area contributed by atoms with Gasteiger partial charge in [0.1, 0.15) is 0 Å². The van der Waals surface area contributed by atoms with Crippen LogP contribution in [0, 0.1) is 6.92 Å². The summed E-state index contributed by atoms with van der Waals surface area (Å²) in [7, 11) is -1.85. The highest BCUT2D eigenvalue weighted by atomic mass is 32.2. The van der Waals surface area contributed by atoms with Crippen molar-refractivity contribution in [1.82, 2.24) is 19.8 Å². The lowest BCUT2D eigenvalue weighted by atomic mass is 9.94. The molecule has 0 atom stereocenters. The van der Waals surface area contributed by atoms with Gasteiger partial charge in [-0.15, -0.1) is 0 Å². The lowest BCUT2D eigenvalue weighted by molar-refractivity contribution is 0.249. The SMILES string of the molecule is Cc1[nH]nc(S(=O)(=O)N(C)C2CCC2)c1CNC(C)C. The van der Waals surface area contributed by atoms with Gasteiger partial charge in [-0.1, -0.05) is 20.3 Å². The summed E-state index contributed by atoms with van der Waals surface area (Å²) in [6.45, 7) is 6.42. The topological polar surface area (TPSA) is 78.1 Å². The minimum Gasteiger partial charge on any atom is -0.310 e. The zero-order chi connectivity index (χ0) is 14.9. The van der Waals surface area contributed by atoms with Crippen molar-refractivity contribution in [3.05, 3.63) is 11.3 Å². The fourth-order valence-corrected chi connectivity index (χ4v) is 3.81. The molecule has 0 spiro atoms. The standard InChI is InChI=1S/C13H24N4O2S/c1-9(2)14-8-12-10(3)15-16-13(12)20(18,19)17(4)11-6-5-7-11/h9,11,14H,5-8H2,1-4H3,(H,15,16). The first-order valence-corrected chi connectivity index (χ1v) is 8.53. The van der Waals surface area contributed by atoms with E-state index in [0.717, 1.165) is 30.5 Å². The predicted molar refractivity (Wildman–Crippen MR) is 77.9 cm³/mol. The van der Waals surface area contributed by atoms with Crippen molar-refractivity contribution >= 4 is 10.0 Å². The Balaban J connectivity index is 2.26. The normalized spacial score (nSPS) is 16.9. The molecular formula is C13H24N4O2S. The van der Waals surface area contributed by atoms with Gasteiger partial charge in [-0.25, -0.2) is 8.42 Å². The van der Waals surface area contributed by atoms with Crippen LogP contribution in [-0.2, 0) is 16.6 Å². The van der Waals surface area contributed by atoms with Gasteiger partial charge in [0.05, 0.1) is 0 Å². The molecule has 0 amide bonds. The molecule has 0 saturated heterocycles. The fourth-order valence-electron chi connectivity index (χ4n) is 2.24. The molecule has 6 nitrogen and oxygen atoms in total. The number of aromatic amines is 1. The van der Waals surface area contributed by atoms with E-state index < -0.39 is 10.0 Å². The number of aryl methyl sites for hydroxylation is 1. The van der Waals surface area contributed by atoms with Gasteiger partial charge in [-0.05, 0) is 19.8 Å². The Morgan fingerprint density at radius 3 is 2.60 bits per heavy atom. The summed E-state index contributed by atoms with van der Waals surface area (Å²) in [6.07, 6.45) is 2.99. The van der Waals surface area contributed by atoms with Gasteiger partial charge in [-0.2, -0.15) is 9.40 Å². The Morgan fingerprint density at radius 2 is 2.10 bits per heavy atom. The van der Waals surface area contributed by atoms with Crippen LogP contribution in [-0.4, -0.2) is 42.1 Å². The molecule has 1 fully saturated rings. The number of H-pyrrole nitrogens is 1. The van der Waals surface area contributed by atoms with Crippen molar-refractivity contribution in [1.29, 1.82) is 0 Å². The van der Waals surface area contributed by atoms with Crippen LogP contribution < -0.4 is 5.32 Å². The highest BCUT2D eigenvalue weighted by Crippen LogP contribution is 2.29. The monoisotopic (exact) mass is 300 g/mol. The molecule has 0 aliphatic heterocycles. The third kappa shape index (κ3) is 2.89. The molecule has 1 aromatic heterocycles. The molecule has 1 aliphatic rings. The molecule has 1 saturated carbocycles. The van der Waals surface area contributed by atoms with Crippen LogP contribution in [0.2, 0.25) is 0 Å². The summed E-state index contributed by atoms with van der Waals surface area (Å²) in [5.74, 6) is 0. The minimum atomic E-state index is -3.51. The van der Waals surface area contributed by atoms with E-state index >= 15 is 0 Å². The zero-order valence-electron chi connectivity index (χ0n) is 12.6. The van der Waals surface area contributed by atoms with Gasteiger partial charge >= 0.3 is 0 Å². The van der Waals surface area contributed by atoms with E-state index in [1.54, 1.807) is 7.05 Å². The second-order valence-electron chi connectivity index (χ2n) is 5.77. The van der Waals surface area contributed by atoms with Crippen molar-refractivity contribution in [2.45, 2.75) is 63.7 Å². The summed E-state index contributed by atoms with van der Waals surface area (Å²) < 4.78 is 26.8. The van der Waals surface area contributed by atoms with Gasteiger partial charge in [0.15, 0.2) is 5.03 Å². The second kappa shape index (κ2) is 5.83. The number of hydrogen-bond acceptors (Lipinski definition) is 4. The molecule has 0 unspecified atom stereocenters. The van der Waals surface area contributed by atoms with E-state index in [0.29, 0.717) is 12.6 Å². The minimum absolute atomic E-state index is 0.128. The summed E-state index contributed by atoms with van der Waals surface area (Å²) >= 11 is 0. The quantitative estimate of drug-likeness (QED) is 0.832.